The van der Waals surface area contributed by atoms with Gasteiger partial charge in [-0.3, -0.25) is 9.78 Å². The number of nitrogens with two attached hydrogens (primary N) is 1. The van der Waals surface area contributed by atoms with Gasteiger partial charge in [0, 0.05) is 33.7 Å². The second kappa shape index (κ2) is 4.22. The lowest BCUT2D eigenvalue weighted by Crippen LogP contribution is -2.03. The molecule has 1 aromatic carbocycles. The first kappa shape index (κ1) is 11.1. The van der Waals surface area contributed by atoms with Crippen LogP contribution in [0.4, 0.5) is 5.69 Å². The molecule has 0 spiro atoms. The number of ketones is 1. The van der Waals surface area contributed by atoms with Gasteiger partial charge in [0.1, 0.15) is 0 Å². The molecule has 0 fully saturated rings. The van der Waals surface area contributed by atoms with Crippen LogP contribution in [0.2, 0.25) is 0 Å². The molecular formula is C12H11BrN2O. The van der Waals surface area contributed by atoms with Crippen LogP contribution in [0.1, 0.15) is 23.7 Å². The molecule has 0 amide bonds. The maximum absolute atomic E-state index is 11.8. The Balaban J connectivity index is 2.82. The van der Waals surface area contributed by atoms with Gasteiger partial charge in [-0.25, -0.2) is 0 Å². The van der Waals surface area contributed by atoms with Gasteiger partial charge in [-0.2, -0.15) is 0 Å². The van der Waals surface area contributed by atoms with Gasteiger partial charge in [-0.1, -0.05) is 6.92 Å². The number of aromatic nitrogens is 1. The predicted octanol–water partition coefficient (Wildman–Crippen LogP) is 3.17. The molecule has 0 aliphatic rings. The maximum atomic E-state index is 11.8. The van der Waals surface area contributed by atoms with E-state index in [2.05, 4.69) is 20.9 Å². The third kappa shape index (κ3) is 1.80. The second-order valence-corrected chi connectivity index (χ2v) is 4.44. The van der Waals surface area contributed by atoms with Gasteiger partial charge in [-0.15, -0.1) is 0 Å². The van der Waals surface area contributed by atoms with E-state index in [1.165, 1.54) is 0 Å². The monoisotopic (exact) mass is 278 g/mol. The summed E-state index contributed by atoms with van der Waals surface area (Å²) in [6.07, 6.45) is 2.15. The predicted molar refractivity (Wildman–Crippen MR) is 68.5 cm³/mol. The Labute approximate surface area is 102 Å². The van der Waals surface area contributed by atoms with Gasteiger partial charge in [-0.05, 0) is 34.1 Å². The highest BCUT2D eigenvalue weighted by Crippen LogP contribution is 2.26. The third-order valence-electron chi connectivity index (χ3n) is 2.46. The highest BCUT2D eigenvalue weighted by atomic mass is 79.9. The first-order valence-corrected chi connectivity index (χ1v) is 5.79. The van der Waals surface area contributed by atoms with Crippen molar-refractivity contribution in [2.45, 2.75) is 13.3 Å². The Bertz CT molecular complexity index is 561. The van der Waals surface area contributed by atoms with Crippen LogP contribution in [0.15, 0.2) is 28.9 Å². The van der Waals surface area contributed by atoms with E-state index in [0.717, 1.165) is 15.4 Å². The fourth-order valence-corrected chi connectivity index (χ4v) is 2.01. The van der Waals surface area contributed by atoms with E-state index in [0.29, 0.717) is 17.7 Å². The van der Waals surface area contributed by atoms with Crippen molar-refractivity contribution < 1.29 is 4.79 Å². The molecule has 82 valence electrons. The molecule has 2 rings (SSSR count). The number of carbonyl (C=O) groups excluding carboxylic acids is 1. The van der Waals surface area contributed by atoms with Gasteiger partial charge in [0.25, 0.3) is 0 Å². The number of hydrogen-bond acceptors (Lipinski definition) is 3. The molecule has 3 nitrogen and oxygen atoms in total. The maximum Gasteiger partial charge on any atom is 0.165 e. The number of rotatable bonds is 2. The van der Waals surface area contributed by atoms with Crippen LogP contribution in [0.3, 0.4) is 0 Å². The quantitative estimate of drug-likeness (QED) is 0.678. The van der Waals surface area contributed by atoms with Crippen molar-refractivity contribution in [3.8, 4) is 0 Å². The normalized spacial score (nSPS) is 10.6. The molecule has 1 heterocycles. The van der Waals surface area contributed by atoms with E-state index in [1.807, 2.05) is 19.1 Å². The highest BCUT2D eigenvalue weighted by molar-refractivity contribution is 9.10. The minimum atomic E-state index is 0.0444. The lowest BCUT2D eigenvalue weighted by molar-refractivity contribution is 0.0990. The number of anilines is 1. The summed E-state index contributed by atoms with van der Waals surface area (Å²) in [6, 6.07) is 5.43. The minimum absolute atomic E-state index is 0.0444. The molecule has 0 aliphatic carbocycles. The second-order valence-electron chi connectivity index (χ2n) is 3.53. The fraction of sp³-hybridized carbons (Fsp3) is 0.167. The first-order valence-electron chi connectivity index (χ1n) is 5.00. The summed E-state index contributed by atoms with van der Waals surface area (Å²) >= 11 is 3.35. The number of benzene rings is 1. The summed E-state index contributed by atoms with van der Waals surface area (Å²) in [6.45, 7) is 1.83. The standard InChI is InChI=1S/C12H11BrN2O/c1-2-11(16)12-8-5-7(13)6-15-10(8)4-3-9(12)14/h3-6H,2,14H2,1H3. The zero-order valence-electron chi connectivity index (χ0n) is 8.83. The number of halogens is 1. The summed E-state index contributed by atoms with van der Waals surface area (Å²) in [4.78, 5) is 16.1. The van der Waals surface area contributed by atoms with E-state index < -0.39 is 0 Å². The number of nitrogens with zero attached hydrogens (tertiary/aromatic N) is 1. The van der Waals surface area contributed by atoms with Crippen molar-refractivity contribution in [2.75, 3.05) is 5.73 Å². The Morgan fingerprint density at radius 3 is 2.94 bits per heavy atom. The molecule has 16 heavy (non-hydrogen) atoms. The van der Waals surface area contributed by atoms with Gasteiger partial charge in [0.05, 0.1) is 5.52 Å². The molecular weight excluding hydrogens is 268 g/mol. The van der Waals surface area contributed by atoms with Crippen LogP contribution in [-0.4, -0.2) is 10.8 Å². The molecule has 2 N–H and O–H groups in total. The number of carbonyl (C=O) groups is 1. The van der Waals surface area contributed by atoms with Gasteiger partial charge < -0.3 is 5.73 Å². The van der Waals surface area contributed by atoms with Crippen LogP contribution in [0.5, 0.6) is 0 Å². The summed E-state index contributed by atoms with van der Waals surface area (Å²) in [5.41, 5.74) is 7.73. The molecule has 0 unspecified atom stereocenters. The molecule has 4 heteroatoms. The lowest BCUT2D eigenvalue weighted by atomic mass is 10.0. The van der Waals surface area contributed by atoms with Crippen LogP contribution in [0, 0.1) is 0 Å². The number of fused-ring (bicyclic) bond motifs is 1. The van der Waals surface area contributed by atoms with E-state index >= 15 is 0 Å². The Kier molecular flexibility index (Phi) is 2.92. The summed E-state index contributed by atoms with van der Waals surface area (Å²) in [5, 5.41) is 0.807. The van der Waals surface area contributed by atoms with Crippen LogP contribution < -0.4 is 5.73 Å². The molecule has 0 atom stereocenters. The SMILES string of the molecule is CCC(=O)c1c(N)ccc2ncc(Br)cc12. The van der Waals surface area contributed by atoms with E-state index in [9.17, 15) is 4.79 Å². The molecule has 0 saturated heterocycles. The Morgan fingerprint density at radius 2 is 2.25 bits per heavy atom. The molecule has 0 radical (unpaired) electrons. The highest BCUT2D eigenvalue weighted by Gasteiger charge is 2.12. The molecule has 0 bridgehead atoms. The van der Waals surface area contributed by atoms with Crippen LogP contribution in [0.25, 0.3) is 10.9 Å². The number of Topliss-reactive ketones (excluding diaryl/α,β-unsaturated/α-hetero) is 1. The van der Waals surface area contributed by atoms with Gasteiger partial charge in [0.2, 0.25) is 0 Å². The van der Waals surface area contributed by atoms with Crippen molar-refractivity contribution in [1.82, 2.24) is 4.98 Å². The number of pyridine rings is 1. The third-order valence-corrected chi connectivity index (χ3v) is 2.90. The summed E-state index contributed by atoms with van der Waals surface area (Å²) < 4.78 is 0.843. The van der Waals surface area contributed by atoms with Gasteiger partial charge >= 0.3 is 0 Å². The summed E-state index contributed by atoms with van der Waals surface area (Å²) in [5.74, 6) is 0.0444. The topological polar surface area (TPSA) is 56.0 Å². The molecule has 0 saturated carbocycles. The summed E-state index contributed by atoms with van der Waals surface area (Å²) in [7, 11) is 0. The number of hydrogen-bond donors (Lipinski definition) is 1. The van der Waals surface area contributed by atoms with Crippen LogP contribution >= 0.6 is 15.9 Å². The molecule has 0 aliphatic heterocycles. The van der Waals surface area contributed by atoms with Gasteiger partial charge in [0.15, 0.2) is 5.78 Å². The van der Waals surface area contributed by atoms with Crippen LogP contribution in [-0.2, 0) is 0 Å². The smallest absolute Gasteiger partial charge is 0.165 e. The molecule has 2 aromatic rings. The van der Waals surface area contributed by atoms with E-state index in [-0.39, 0.29) is 5.78 Å². The lowest BCUT2D eigenvalue weighted by Gasteiger charge is -2.07. The van der Waals surface area contributed by atoms with Crippen molar-refractivity contribution in [2.24, 2.45) is 0 Å². The largest absolute Gasteiger partial charge is 0.398 e. The minimum Gasteiger partial charge on any atom is -0.398 e. The zero-order valence-corrected chi connectivity index (χ0v) is 10.4. The Hall–Kier alpha value is -1.42. The fourth-order valence-electron chi connectivity index (χ4n) is 1.68. The molecule has 1 aromatic heterocycles. The van der Waals surface area contributed by atoms with Crippen molar-refractivity contribution in [1.29, 1.82) is 0 Å². The van der Waals surface area contributed by atoms with Crippen molar-refractivity contribution in [3.63, 3.8) is 0 Å². The van der Waals surface area contributed by atoms with E-state index in [1.54, 1.807) is 12.3 Å². The first-order chi connectivity index (χ1) is 7.63. The Morgan fingerprint density at radius 1 is 1.50 bits per heavy atom. The van der Waals surface area contributed by atoms with Crippen molar-refractivity contribution in [3.05, 3.63) is 34.4 Å². The number of nitrogen functional groups attached to an aromatic ring is 1. The van der Waals surface area contributed by atoms with Crippen molar-refractivity contribution >= 4 is 38.3 Å². The van der Waals surface area contributed by atoms with E-state index in [4.69, 9.17) is 5.73 Å². The average molecular weight is 279 g/mol. The average Bonchev–Trinajstić information content (AvgIpc) is 2.28. The zero-order chi connectivity index (χ0) is 11.7.